The number of rotatable bonds is 8. The largest absolute Gasteiger partial charge is 0.517 e. The summed E-state index contributed by atoms with van der Waals surface area (Å²) in [6, 6.07) is 6.13. The van der Waals surface area contributed by atoms with Crippen molar-refractivity contribution in [3.05, 3.63) is 47.4 Å². The van der Waals surface area contributed by atoms with E-state index in [1.807, 2.05) is 23.8 Å². The van der Waals surface area contributed by atoms with E-state index in [0.29, 0.717) is 11.3 Å². The molecule has 2 aliphatic heterocycles. The maximum atomic E-state index is 13.5. The number of aliphatic hydroxyl groups excluding tert-OH is 1. The van der Waals surface area contributed by atoms with Crippen LogP contribution in [-0.2, 0) is 19.1 Å². The number of hydrogen-bond donors (Lipinski definition) is 1. The highest BCUT2D eigenvalue weighted by Gasteiger charge is 2.60. The molecule has 13 heteroatoms. The van der Waals surface area contributed by atoms with Crippen molar-refractivity contribution in [2.45, 2.75) is 44.2 Å². The Kier molecular flexibility index (Phi) is 7.31. The third-order valence-electron chi connectivity index (χ3n) is 6.80. The highest BCUT2D eigenvalue weighted by atomic mass is 32.2. The van der Waals surface area contributed by atoms with Crippen LogP contribution in [0.2, 0.25) is 0 Å². The first-order chi connectivity index (χ1) is 18.7. The molecule has 5 atom stereocenters. The molecule has 0 radical (unpaired) electrons. The fourth-order valence-electron chi connectivity index (χ4n) is 5.11. The van der Waals surface area contributed by atoms with E-state index in [9.17, 15) is 19.5 Å². The Morgan fingerprint density at radius 3 is 2.56 bits per heavy atom. The van der Waals surface area contributed by atoms with E-state index >= 15 is 0 Å². The molecule has 1 amide bonds. The Bertz CT molecular complexity index is 1480. The number of amides is 1. The molecule has 1 N–H and O–H groups in total. The van der Waals surface area contributed by atoms with E-state index in [4.69, 9.17) is 18.9 Å². The van der Waals surface area contributed by atoms with Gasteiger partial charge in [0.2, 0.25) is 12.2 Å². The maximum Gasteiger partial charge on any atom is 0.517 e. The van der Waals surface area contributed by atoms with Gasteiger partial charge in [0.15, 0.2) is 11.5 Å². The Morgan fingerprint density at radius 1 is 1.18 bits per heavy atom. The van der Waals surface area contributed by atoms with Gasteiger partial charge in [0.25, 0.3) is 0 Å². The predicted octanol–water partition coefficient (Wildman–Crippen LogP) is 3.80. The number of carbonyl (C=O) groups is 3. The summed E-state index contributed by atoms with van der Waals surface area (Å²) < 4.78 is 22.8. The molecule has 206 valence electrons. The molecular formula is C26H27N3O8S2. The van der Waals surface area contributed by atoms with Crippen LogP contribution >= 0.6 is 23.1 Å². The smallest absolute Gasteiger partial charge is 0.493 e. The SMILES string of the molecule is COc1ccccc1OC(=O)OC(C)OC(=O)C1=C(c2cn3cnc(SC)c3s2)[C@H](C)[C@@H]2[C@@H]([C@@H](C)O)C(=O)N12. The number of methoxy groups -OCH3 is 1. The van der Waals surface area contributed by atoms with Crippen LogP contribution in [0.5, 0.6) is 11.5 Å². The fraction of sp³-hybridized carbons (Fsp3) is 0.385. The highest BCUT2D eigenvalue weighted by Crippen LogP contribution is 2.52. The fourth-order valence-corrected chi connectivity index (χ4v) is 7.03. The van der Waals surface area contributed by atoms with Crippen molar-refractivity contribution in [1.29, 1.82) is 0 Å². The van der Waals surface area contributed by atoms with Gasteiger partial charge in [0.05, 0.1) is 30.1 Å². The van der Waals surface area contributed by atoms with Crippen LogP contribution in [-0.4, -0.2) is 69.2 Å². The van der Waals surface area contributed by atoms with Gasteiger partial charge in [0.1, 0.15) is 21.9 Å². The number of nitrogens with zero attached hydrogens (tertiary/aromatic N) is 3. The molecule has 0 bridgehead atoms. The number of thiazole rings is 1. The van der Waals surface area contributed by atoms with Gasteiger partial charge < -0.3 is 29.0 Å². The summed E-state index contributed by atoms with van der Waals surface area (Å²) in [6.45, 7) is 4.86. The van der Waals surface area contributed by atoms with Gasteiger partial charge in [-0.3, -0.25) is 9.20 Å². The Labute approximate surface area is 232 Å². The van der Waals surface area contributed by atoms with Crippen LogP contribution in [0.3, 0.4) is 0 Å². The van der Waals surface area contributed by atoms with Crippen molar-refractivity contribution in [2.75, 3.05) is 13.4 Å². The number of aliphatic hydroxyl groups is 1. The van der Waals surface area contributed by atoms with E-state index < -0.39 is 36.5 Å². The first-order valence-corrected chi connectivity index (χ1v) is 14.2. The average molecular weight is 574 g/mol. The Hall–Kier alpha value is -3.55. The number of aromatic nitrogens is 2. The van der Waals surface area contributed by atoms with Crippen LogP contribution in [0, 0.1) is 11.8 Å². The summed E-state index contributed by atoms with van der Waals surface area (Å²) in [4.78, 5) is 46.4. The number of benzene rings is 1. The predicted molar refractivity (Wildman–Crippen MR) is 142 cm³/mol. The minimum absolute atomic E-state index is 0.0751. The van der Waals surface area contributed by atoms with Crippen molar-refractivity contribution in [2.24, 2.45) is 11.8 Å². The molecule has 4 heterocycles. The minimum atomic E-state index is -1.32. The monoisotopic (exact) mass is 573 g/mol. The maximum absolute atomic E-state index is 13.5. The van der Waals surface area contributed by atoms with Crippen LogP contribution in [0.1, 0.15) is 25.6 Å². The summed E-state index contributed by atoms with van der Waals surface area (Å²) in [6.07, 6.45) is 2.20. The molecule has 0 aliphatic carbocycles. The lowest BCUT2D eigenvalue weighted by Crippen LogP contribution is -2.63. The summed E-state index contributed by atoms with van der Waals surface area (Å²) in [5.74, 6) is -1.61. The summed E-state index contributed by atoms with van der Waals surface area (Å²) in [5, 5.41) is 11.1. The second kappa shape index (κ2) is 10.5. The molecule has 1 fully saturated rings. The average Bonchev–Trinajstić information content (AvgIpc) is 3.53. The van der Waals surface area contributed by atoms with Crippen molar-refractivity contribution in [3.8, 4) is 11.5 Å². The van der Waals surface area contributed by atoms with E-state index in [2.05, 4.69) is 4.98 Å². The second-order valence-electron chi connectivity index (χ2n) is 9.17. The molecule has 0 saturated carbocycles. The van der Waals surface area contributed by atoms with Gasteiger partial charge in [0, 0.05) is 24.6 Å². The van der Waals surface area contributed by atoms with E-state index in [1.165, 1.54) is 48.1 Å². The third-order valence-corrected chi connectivity index (χ3v) is 8.76. The van der Waals surface area contributed by atoms with Gasteiger partial charge in [-0.25, -0.2) is 14.6 Å². The van der Waals surface area contributed by atoms with Crippen LogP contribution < -0.4 is 9.47 Å². The van der Waals surface area contributed by atoms with E-state index in [1.54, 1.807) is 31.5 Å². The number of imidazole rings is 1. The molecular weight excluding hydrogens is 546 g/mol. The number of ether oxygens (including phenoxy) is 4. The van der Waals surface area contributed by atoms with Crippen LogP contribution in [0.25, 0.3) is 10.4 Å². The molecule has 39 heavy (non-hydrogen) atoms. The van der Waals surface area contributed by atoms with Gasteiger partial charge in [-0.15, -0.1) is 23.1 Å². The van der Waals surface area contributed by atoms with Gasteiger partial charge in [-0.1, -0.05) is 19.1 Å². The van der Waals surface area contributed by atoms with E-state index in [-0.39, 0.29) is 23.3 Å². The lowest BCUT2D eigenvalue weighted by Gasteiger charge is -2.46. The summed E-state index contributed by atoms with van der Waals surface area (Å²) in [7, 11) is 1.44. The molecule has 2 aliphatic rings. The normalized spacial score (nSPS) is 21.8. The highest BCUT2D eigenvalue weighted by molar-refractivity contribution is 7.98. The van der Waals surface area contributed by atoms with Gasteiger partial charge in [-0.05, 0) is 25.3 Å². The van der Waals surface area contributed by atoms with Crippen LogP contribution in [0.15, 0.2) is 47.5 Å². The number of esters is 1. The van der Waals surface area contributed by atoms with E-state index in [0.717, 1.165) is 14.7 Å². The zero-order valence-electron chi connectivity index (χ0n) is 21.8. The number of thioether (sulfide) groups is 1. The molecule has 2 aromatic heterocycles. The zero-order chi connectivity index (χ0) is 28.0. The third kappa shape index (κ3) is 4.64. The van der Waals surface area contributed by atoms with Crippen molar-refractivity contribution in [3.63, 3.8) is 0 Å². The standard InChI is InChI=1S/C26H27N3O8S2/c1-12-18(17-10-28-11-27-22(38-5)24(28)39-17)21(29-20(12)19(13(2)30)23(29)31)25(32)35-14(3)36-26(33)37-16-9-7-6-8-15(16)34-4/h6-14,19-20,30H,1-5H3/t12-,13+,14?,19+,20+/m0/s1. The second-order valence-corrected chi connectivity index (χ2v) is 11.0. The first-order valence-electron chi connectivity index (χ1n) is 12.1. The number of para-hydroxylation sites is 2. The molecule has 1 saturated heterocycles. The van der Waals surface area contributed by atoms with Gasteiger partial charge >= 0.3 is 12.1 Å². The quantitative estimate of drug-likeness (QED) is 0.140. The lowest BCUT2D eigenvalue weighted by atomic mass is 9.77. The summed E-state index contributed by atoms with van der Waals surface area (Å²) in [5.41, 5.74) is 0.706. The first kappa shape index (κ1) is 27.0. The molecule has 3 aromatic rings. The molecule has 11 nitrogen and oxygen atoms in total. The molecule has 0 spiro atoms. The molecule has 5 rings (SSSR count). The number of fused-ring (bicyclic) bond motifs is 2. The van der Waals surface area contributed by atoms with Crippen LogP contribution in [0.4, 0.5) is 4.79 Å². The Morgan fingerprint density at radius 2 is 1.90 bits per heavy atom. The minimum Gasteiger partial charge on any atom is -0.493 e. The van der Waals surface area contributed by atoms with Crippen molar-refractivity contribution in [1.82, 2.24) is 14.3 Å². The van der Waals surface area contributed by atoms with Gasteiger partial charge in [-0.2, -0.15) is 0 Å². The molecule has 1 unspecified atom stereocenters. The zero-order valence-corrected chi connectivity index (χ0v) is 23.4. The number of β-lactam (4-membered cyclic amide) rings is 1. The lowest BCUT2D eigenvalue weighted by molar-refractivity contribution is -0.172. The topological polar surface area (TPSA) is 129 Å². The summed E-state index contributed by atoms with van der Waals surface area (Å²) >= 11 is 2.96. The van der Waals surface area contributed by atoms with Crippen molar-refractivity contribution < 1.29 is 38.4 Å². The molecule has 1 aromatic carbocycles. The number of hydrogen-bond acceptors (Lipinski definition) is 11. The van der Waals surface area contributed by atoms with Crippen molar-refractivity contribution >= 4 is 51.5 Å². The Balaban J connectivity index is 1.41. The number of carbonyl (C=O) groups excluding carboxylic acids is 3.